The van der Waals surface area contributed by atoms with Crippen LogP contribution in [0, 0.1) is 10.1 Å². The van der Waals surface area contributed by atoms with Gasteiger partial charge in [-0.3, -0.25) is 24.6 Å². The highest BCUT2D eigenvalue weighted by atomic mass is 32.2. The maximum Gasteiger partial charge on any atom is 0.355 e. The quantitative estimate of drug-likeness (QED) is 0.295. The van der Waals surface area contributed by atoms with E-state index >= 15 is 0 Å². The zero-order valence-corrected chi connectivity index (χ0v) is 17.6. The number of nitrogens with one attached hydrogen (secondary N) is 1. The highest BCUT2D eigenvalue weighted by molar-refractivity contribution is 8.00. The van der Waals surface area contributed by atoms with E-state index in [2.05, 4.69) is 5.32 Å². The Bertz CT molecular complexity index is 1090. The monoisotopic (exact) mass is 453 g/mol. The fourth-order valence-corrected chi connectivity index (χ4v) is 4.67. The van der Waals surface area contributed by atoms with Gasteiger partial charge in [0, 0.05) is 17.9 Å². The van der Waals surface area contributed by atoms with Crippen LogP contribution in [0.5, 0.6) is 0 Å². The predicted octanol–water partition coefficient (Wildman–Crippen LogP) is 2.16. The van der Waals surface area contributed by atoms with Gasteiger partial charge in [0.1, 0.15) is 23.7 Å². The highest BCUT2D eigenvalue weighted by Crippen LogP contribution is 2.37. The van der Waals surface area contributed by atoms with Gasteiger partial charge in [-0.1, -0.05) is 30.3 Å². The minimum absolute atomic E-state index is 0.0542. The number of fused-ring (bicyclic) bond motifs is 1. The standard InChI is InChI=1S/C22H19N3O6S/c26-18(12-14-4-2-1-3-5-14)23-19-20(27)24-17(10-11-32-21(19)24)22(28)31-13-15-6-8-16(9-7-15)25(29)30/h1-10,19,21H,11-13H2,(H,23,26)/t19?,21-/m1/s1. The fraction of sp³-hybridized carbons (Fsp3) is 0.227. The summed E-state index contributed by atoms with van der Waals surface area (Å²) in [6.45, 7) is -0.0781. The Labute approximate surface area is 187 Å². The van der Waals surface area contributed by atoms with E-state index in [0.29, 0.717) is 11.3 Å². The molecule has 2 aliphatic heterocycles. The number of hydrogen-bond acceptors (Lipinski definition) is 7. The summed E-state index contributed by atoms with van der Waals surface area (Å²) in [5, 5.41) is 13.1. The third-order valence-corrected chi connectivity index (χ3v) is 6.28. The molecule has 2 heterocycles. The third-order valence-electron chi connectivity index (χ3n) is 5.10. The third kappa shape index (κ3) is 4.50. The second kappa shape index (κ2) is 9.23. The summed E-state index contributed by atoms with van der Waals surface area (Å²) in [7, 11) is 0. The van der Waals surface area contributed by atoms with Gasteiger partial charge in [-0.25, -0.2) is 4.79 Å². The van der Waals surface area contributed by atoms with Crippen molar-refractivity contribution >= 4 is 35.2 Å². The van der Waals surface area contributed by atoms with E-state index in [-0.39, 0.29) is 41.6 Å². The minimum Gasteiger partial charge on any atom is -0.456 e. The number of β-lactam (4-membered cyclic amide) rings is 1. The number of hydrogen-bond donors (Lipinski definition) is 1. The van der Waals surface area contributed by atoms with Gasteiger partial charge in [0.25, 0.3) is 11.6 Å². The molecule has 2 aromatic carbocycles. The number of benzene rings is 2. The van der Waals surface area contributed by atoms with Crippen LogP contribution in [0.3, 0.4) is 0 Å². The number of rotatable bonds is 7. The molecule has 1 unspecified atom stereocenters. The van der Waals surface area contributed by atoms with Gasteiger partial charge < -0.3 is 10.1 Å². The first kappa shape index (κ1) is 21.6. The van der Waals surface area contributed by atoms with Crippen molar-refractivity contribution in [2.24, 2.45) is 0 Å². The second-order valence-electron chi connectivity index (χ2n) is 7.23. The predicted molar refractivity (Wildman–Crippen MR) is 116 cm³/mol. The lowest BCUT2D eigenvalue weighted by molar-refractivity contribution is -0.384. The second-order valence-corrected chi connectivity index (χ2v) is 8.38. The van der Waals surface area contributed by atoms with E-state index in [4.69, 9.17) is 4.74 Å². The van der Waals surface area contributed by atoms with Gasteiger partial charge in [-0.15, -0.1) is 11.8 Å². The van der Waals surface area contributed by atoms with Crippen molar-refractivity contribution in [3.8, 4) is 0 Å². The zero-order valence-electron chi connectivity index (χ0n) is 16.8. The summed E-state index contributed by atoms with van der Waals surface area (Å²) in [5.41, 5.74) is 1.53. The van der Waals surface area contributed by atoms with E-state index in [1.165, 1.54) is 40.9 Å². The molecule has 1 fully saturated rings. The molecule has 2 atom stereocenters. The van der Waals surface area contributed by atoms with Crippen LogP contribution in [-0.2, 0) is 32.1 Å². The van der Waals surface area contributed by atoms with Gasteiger partial charge in [0.15, 0.2) is 0 Å². The molecule has 0 saturated carbocycles. The number of nitro benzene ring substituents is 1. The summed E-state index contributed by atoms with van der Waals surface area (Å²) in [4.78, 5) is 49.1. The molecule has 1 saturated heterocycles. The zero-order chi connectivity index (χ0) is 22.7. The van der Waals surface area contributed by atoms with E-state index < -0.39 is 16.9 Å². The van der Waals surface area contributed by atoms with E-state index in [1.54, 1.807) is 6.08 Å². The number of carbonyl (C=O) groups excluding carboxylic acids is 3. The molecule has 9 nitrogen and oxygen atoms in total. The fourth-order valence-electron chi connectivity index (χ4n) is 3.47. The Morgan fingerprint density at radius 2 is 1.84 bits per heavy atom. The molecule has 1 N–H and O–H groups in total. The average molecular weight is 453 g/mol. The van der Waals surface area contributed by atoms with Crippen molar-refractivity contribution < 1.29 is 24.0 Å². The first-order valence-corrected chi connectivity index (χ1v) is 10.9. The Morgan fingerprint density at radius 1 is 1.12 bits per heavy atom. The van der Waals surface area contributed by atoms with Crippen LogP contribution in [0.1, 0.15) is 11.1 Å². The molecule has 32 heavy (non-hydrogen) atoms. The lowest BCUT2D eigenvalue weighted by Gasteiger charge is -2.48. The smallest absolute Gasteiger partial charge is 0.355 e. The SMILES string of the molecule is O=C(Cc1ccccc1)NC1C(=O)N2C(C(=O)OCc3ccc([N+](=O)[O-])cc3)=CCS[C@H]12. The number of ether oxygens (including phenoxy) is 1. The normalized spacial score (nSPS) is 19.3. The van der Waals surface area contributed by atoms with Crippen molar-refractivity contribution in [3.05, 3.63) is 87.6 Å². The lowest BCUT2D eigenvalue weighted by atomic mass is 10.0. The first-order chi connectivity index (χ1) is 15.4. The topological polar surface area (TPSA) is 119 Å². The van der Waals surface area contributed by atoms with Crippen molar-refractivity contribution in [3.63, 3.8) is 0 Å². The molecule has 164 valence electrons. The molecule has 10 heteroatoms. The van der Waals surface area contributed by atoms with Gasteiger partial charge in [0.2, 0.25) is 5.91 Å². The largest absolute Gasteiger partial charge is 0.456 e. The number of nitrogens with zero attached hydrogens (tertiary/aromatic N) is 2. The Hall–Kier alpha value is -3.66. The van der Waals surface area contributed by atoms with Gasteiger partial charge in [-0.2, -0.15) is 0 Å². The number of amides is 2. The number of carbonyl (C=O) groups is 3. The molecule has 0 aromatic heterocycles. The molecule has 4 rings (SSSR count). The van der Waals surface area contributed by atoms with Crippen LogP contribution in [0.15, 0.2) is 66.4 Å². The number of non-ortho nitro benzene ring substituents is 1. The van der Waals surface area contributed by atoms with Crippen molar-refractivity contribution in [2.75, 3.05) is 5.75 Å². The highest BCUT2D eigenvalue weighted by Gasteiger charge is 2.52. The summed E-state index contributed by atoms with van der Waals surface area (Å²) in [6, 6.07) is 14.2. The Morgan fingerprint density at radius 3 is 2.53 bits per heavy atom. The number of thioether (sulfide) groups is 1. The van der Waals surface area contributed by atoms with Crippen LogP contribution in [0.25, 0.3) is 0 Å². The number of esters is 1. The van der Waals surface area contributed by atoms with Gasteiger partial charge >= 0.3 is 5.97 Å². The molecule has 2 aliphatic rings. The number of nitro groups is 1. The molecular formula is C22H19N3O6S. The van der Waals surface area contributed by atoms with Crippen LogP contribution >= 0.6 is 11.8 Å². The first-order valence-electron chi connectivity index (χ1n) is 9.82. The van der Waals surface area contributed by atoms with Gasteiger partial charge in [0.05, 0.1) is 11.3 Å². The van der Waals surface area contributed by atoms with E-state index in [9.17, 15) is 24.5 Å². The summed E-state index contributed by atoms with van der Waals surface area (Å²) < 4.78 is 5.30. The lowest BCUT2D eigenvalue weighted by Crippen LogP contribution is -2.70. The Balaban J connectivity index is 1.33. The molecule has 2 aromatic rings. The van der Waals surface area contributed by atoms with E-state index in [0.717, 1.165) is 5.56 Å². The van der Waals surface area contributed by atoms with Crippen LogP contribution in [-0.4, -0.2) is 44.8 Å². The molecule has 2 amide bonds. The van der Waals surface area contributed by atoms with Crippen LogP contribution in [0.4, 0.5) is 5.69 Å². The van der Waals surface area contributed by atoms with Crippen molar-refractivity contribution in [1.82, 2.24) is 10.2 Å². The average Bonchev–Trinajstić information content (AvgIpc) is 2.81. The van der Waals surface area contributed by atoms with Gasteiger partial charge in [-0.05, 0) is 29.3 Å². The minimum atomic E-state index is -0.692. The Kier molecular flexibility index (Phi) is 6.22. The molecule has 0 aliphatic carbocycles. The maximum atomic E-state index is 12.7. The van der Waals surface area contributed by atoms with Crippen molar-refractivity contribution in [1.29, 1.82) is 0 Å². The van der Waals surface area contributed by atoms with Crippen molar-refractivity contribution in [2.45, 2.75) is 24.4 Å². The van der Waals surface area contributed by atoms with E-state index in [1.807, 2.05) is 30.3 Å². The van der Waals surface area contributed by atoms with Crippen LogP contribution < -0.4 is 5.32 Å². The summed E-state index contributed by atoms with van der Waals surface area (Å²) >= 11 is 1.46. The van der Waals surface area contributed by atoms with Crippen LogP contribution in [0.2, 0.25) is 0 Å². The molecule has 0 spiro atoms. The molecule has 0 bridgehead atoms. The molecular weight excluding hydrogens is 434 g/mol. The summed E-state index contributed by atoms with van der Waals surface area (Å²) in [5.74, 6) is -0.772. The summed E-state index contributed by atoms with van der Waals surface area (Å²) in [6.07, 6.45) is 1.79. The molecule has 0 radical (unpaired) electrons. The maximum absolute atomic E-state index is 12.7.